The largest absolute Gasteiger partial charge is 0.694 e. The van der Waals surface area contributed by atoms with Gasteiger partial charge in [-0.15, -0.1) is 9.42 Å². The van der Waals surface area contributed by atoms with Gasteiger partial charge in [-0.3, -0.25) is 0 Å². The lowest BCUT2D eigenvalue weighted by molar-refractivity contribution is 0.163. The Bertz CT molecular complexity index is 174. The molecule has 0 aliphatic rings. The molecule has 0 aromatic heterocycles. The van der Waals surface area contributed by atoms with Crippen LogP contribution >= 0.6 is 8.25 Å². The van der Waals surface area contributed by atoms with E-state index in [9.17, 15) is 4.57 Å². The highest BCUT2D eigenvalue weighted by atomic mass is 31.1. The highest BCUT2D eigenvalue weighted by Crippen LogP contribution is 2.15. The molecule has 0 aliphatic carbocycles. The smallest absolute Gasteiger partial charge is 0.379 e. The number of hydrogen-bond acceptors (Lipinski definition) is 5. The second-order valence-corrected chi connectivity index (χ2v) is 6.21. The summed E-state index contributed by atoms with van der Waals surface area (Å²) in [5, 5.41) is 0. The van der Waals surface area contributed by atoms with Crippen LogP contribution in [0.3, 0.4) is 0 Å². The molecule has 0 aliphatic heterocycles. The van der Waals surface area contributed by atoms with E-state index >= 15 is 0 Å². The Balaban J connectivity index is 0. The lowest BCUT2D eigenvalue weighted by Gasteiger charge is -2.05. The van der Waals surface area contributed by atoms with Gasteiger partial charge in [0.05, 0.1) is 0 Å². The predicted octanol–water partition coefficient (Wildman–Crippen LogP) is 2.27. The highest BCUT2D eigenvalue weighted by Gasteiger charge is 2.09. The summed E-state index contributed by atoms with van der Waals surface area (Å²) in [7, 11) is 0.674. The van der Waals surface area contributed by atoms with E-state index in [-0.39, 0.29) is 0 Å². The average Bonchev–Trinajstić information content (AvgIpc) is 2.36. The normalized spacial score (nSPS) is 11.1. The molecule has 110 valence electrons. The van der Waals surface area contributed by atoms with Crippen molar-refractivity contribution in [1.29, 1.82) is 0 Å². The van der Waals surface area contributed by atoms with E-state index in [2.05, 4.69) is 11.4 Å². The van der Waals surface area contributed by atoms with Crippen molar-refractivity contribution >= 4 is 17.8 Å². The second-order valence-electron chi connectivity index (χ2n) is 3.48. The maximum absolute atomic E-state index is 10.0. The molecule has 0 radical (unpaired) electrons. The van der Waals surface area contributed by atoms with Crippen LogP contribution in [0.15, 0.2) is 0 Å². The molecule has 0 aromatic carbocycles. The summed E-state index contributed by atoms with van der Waals surface area (Å²) in [6, 6.07) is 0. The molecule has 0 aromatic rings. The van der Waals surface area contributed by atoms with Gasteiger partial charge in [0, 0.05) is 25.9 Å². The van der Waals surface area contributed by atoms with Gasteiger partial charge in [-0.25, -0.2) is 0 Å². The molecule has 6 nitrogen and oxygen atoms in total. The van der Waals surface area contributed by atoms with Crippen molar-refractivity contribution in [2.45, 2.75) is 39.0 Å². The van der Waals surface area contributed by atoms with Crippen molar-refractivity contribution in [3.05, 3.63) is 0 Å². The van der Waals surface area contributed by atoms with Crippen LogP contribution in [0.25, 0.3) is 0 Å². The fraction of sp³-hybridized carbons (Fsp3) is 1.00. The van der Waals surface area contributed by atoms with Crippen molar-refractivity contribution in [1.82, 2.24) is 0 Å². The van der Waals surface area contributed by atoms with Crippen molar-refractivity contribution in [3.63, 3.8) is 0 Å². The van der Waals surface area contributed by atoms with Gasteiger partial charge in [-0.05, 0) is 6.42 Å². The molecule has 18 heavy (non-hydrogen) atoms. The Morgan fingerprint density at radius 2 is 1.50 bits per heavy atom. The molecule has 0 saturated carbocycles. The fourth-order valence-electron chi connectivity index (χ4n) is 1.14. The quantitative estimate of drug-likeness (QED) is 0.379. The molecular formula is C10H26O6PSi+. The van der Waals surface area contributed by atoms with Crippen LogP contribution < -0.4 is 0 Å². The first kappa shape index (κ1) is 20.4. The van der Waals surface area contributed by atoms with Crippen LogP contribution in [-0.4, -0.2) is 42.4 Å². The van der Waals surface area contributed by atoms with Gasteiger partial charge in [0.2, 0.25) is 0 Å². The highest BCUT2D eigenvalue weighted by molar-refractivity contribution is 7.32. The van der Waals surface area contributed by atoms with Gasteiger partial charge in [0.1, 0.15) is 6.61 Å². The molecule has 0 amide bonds. The lowest BCUT2D eigenvalue weighted by atomic mass is 10.2. The molecule has 0 fully saturated rings. The maximum atomic E-state index is 10.0. The second kappa shape index (κ2) is 17.1. The Kier molecular flexibility index (Phi) is 19.4. The van der Waals surface area contributed by atoms with Crippen LogP contribution in [0.4, 0.5) is 0 Å². The van der Waals surface area contributed by atoms with Gasteiger partial charge in [0.25, 0.3) is 0 Å². The summed E-state index contributed by atoms with van der Waals surface area (Å²) in [5.41, 5.74) is 0. The first-order valence-corrected chi connectivity index (χ1v) is 8.54. The summed E-state index contributed by atoms with van der Waals surface area (Å²) in [6.45, 7) is 2.57. The van der Waals surface area contributed by atoms with Gasteiger partial charge < -0.3 is 13.3 Å². The standard InChI is InChI=1S/C7H15O3P.C3H10O3Si/c1-2-3-4-5-6-7-10-11(8)9;1-4-7(5-2)6-3/h2-7H2,1H3;7H,1-3H3/p+1. The Morgan fingerprint density at radius 1 is 1.00 bits per heavy atom. The molecule has 8 heteroatoms. The molecule has 1 atom stereocenters. The zero-order chi connectivity index (χ0) is 14.2. The van der Waals surface area contributed by atoms with Crippen LogP contribution in [0, 0.1) is 0 Å². The van der Waals surface area contributed by atoms with Crippen LogP contribution in [0.2, 0.25) is 0 Å². The Morgan fingerprint density at radius 3 is 1.83 bits per heavy atom. The van der Waals surface area contributed by atoms with Crippen molar-refractivity contribution in [2.24, 2.45) is 0 Å². The summed E-state index contributed by atoms with van der Waals surface area (Å²) < 4.78 is 28.7. The zero-order valence-corrected chi connectivity index (χ0v) is 13.8. The van der Waals surface area contributed by atoms with E-state index in [0.717, 1.165) is 12.8 Å². The van der Waals surface area contributed by atoms with E-state index in [1.54, 1.807) is 21.3 Å². The molecular weight excluding hydrogens is 275 g/mol. The minimum Gasteiger partial charge on any atom is -0.379 e. The first-order valence-electron chi connectivity index (χ1n) is 5.99. The third-order valence-corrected chi connectivity index (χ3v) is 3.59. The van der Waals surface area contributed by atoms with E-state index in [1.807, 2.05) is 0 Å². The van der Waals surface area contributed by atoms with Crippen LogP contribution in [0.1, 0.15) is 39.0 Å². The SMILES string of the molecule is CCCCCCCO[P+](=O)O.CO[SiH](OC)OC. The zero-order valence-electron chi connectivity index (χ0n) is 11.8. The van der Waals surface area contributed by atoms with Crippen LogP contribution in [-0.2, 0) is 22.4 Å². The lowest BCUT2D eigenvalue weighted by Crippen LogP contribution is -2.21. The molecule has 0 spiro atoms. The molecule has 0 bridgehead atoms. The monoisotopic (exact) mass is 301 g/mol. The topological polar surface area (TPSA) is 74.2 Å². The van der Waals surface area contributed by atoms with Crippen molar-refractivity contribution in [3.8, 4) is 0 Å². The molecule has 1 unspecified atom stereocenters. The van der Waals surface area contributed by atoms with Gasteiger partial charge >= 0.3 is 17.8 Å². The average molecular weight is 301 g/mol. The summed E-state index contributed by atoms with van der Waals surface area (Å²) >= 11 is 0. The first-order chi connectivity index (χ1) is 8.62. The number of rotatable bonds is 10. The van der Waals surface area contributed by atoms with E-state index in [1.165, 1.54) is 19.3 Å². The minimum atomic E-state index is -2.37. The van der Waals surface area contributed by atoms with E-state index < -0.39 is 17.8 Å². The van der Waals surface area contributed by atoms with Crippen LogP contribution in [0.5, 0.6) is 0 Å². The minimum absolute atomic E-state index is 0.412. The number of unbranched alkanes of at least 4 members (excludes halogenated alkanes) is 4. The molecule has 0 heterocycles. The summed E-state index contributed by atoms with van der Waals surface area (Å²) in [6.07, 6.45) is 5.64. The maximum Gasteiger partial charge on any atom is 0.694 e. The van der Waals surface area contributed by atoms with Crippen molar-refractivity contribution in [2.75, 3.05) is 27.9 Å². The van der Waals surface area contributed by atoms with Crippen molar-refractivity contribution < 1.29 is 27.3 Å². The van der Waals surface area contributed by atoms with Gasteiger partial charge in [0.15, 0.2) is 0 Å². The molecule has 0 saturated heterocycles. The Labute approximate surface area is 113 Å². The van der Waals surface area contributed by atoms with Gasteiger partial charge in [-0.1, -0.05) is 32.6 Å². The van der Waals surface area contributed by atoms with Gasteiger partial charge in [-0.2, -0.15) is 0 Å². The van der Waals surface area contributed by atoms with E-state index in [0.29, 0.717) is 6.61 Å². The molecule has 1 N–H and O–H groups in total. The third-order valence-electron chi connectivity index (χ3n) is 2.03. The number of hydrogen-bond donors (Lipinski definition) is 1. The third kappa shape index (κ3) is 18.5. The fourth-order valence-corrected chi connectivity index (χ4v) is 2.00. The predicted molar refractivity (Wildman–Crippen MR) is 72.7 cm³/mol. The van der Waals surface area contributed by atoms with E-state index in [4.69, 9.17) is 18.2 Å². The summed E-state index contributed by atoms with van der Waals surface area (Å²) in [5.74, 6) is 0. The Hall–Kier alpha value is 0.117. The molecule has 0 rings (SSSR count). The summed E-state index contributed by atoms with van der Waals surface area (Å²) in [4.78, 5) is 8.24.